The zero-order valence-corrected chi connectivity index (χ0v) is 10.9. The lowest BCUT2D eigenvalue weighted by Crippen LogP contribution is -2.19. The fourth-order valence-electron chi connectivity index (χ4n) is 1.55. The Morgan fingerprint density at radius 3 is 2.71 bits per heavy atom. The minimum atomic E-state index is -0.217. The first-order valence-electron chi connectivity index (χ1n) is 5.92. The Balaban J connectivity index is 2.58. The van der Waals surface area contributed by atoms with Crippen molar-refractivity contribution < 1.29 is 14.3 Å². The molecule has 0 N–H and O–H groups in total. The van der Waals surface area contributed by atoms with Crippen LogP contribution in [0.4, 0.5) is 0 Å². The maximum atomic E-state index is 11.3. The lowest BCUT2D eigenvalue weighted by atomic mass is 10.1. The molecule has 94 valence electrons. The number of ether oxygens (including phenoxy) is 2. The molecule has 0 fully saturated rings. The van der Waals surface area contributed by atoms with Gasteiger partial charge in [0.1, 0.15) is 11.9 Å². The van der Waals surface area contributed by atoms with Gasteiger partial charge in [-0.25, -0.2) is 0 Å². The van der Waals surface area contributed by atoms with Crippen LogP contribution in [0.1, 0.15) is 31.4 Å². The largest absolute Gasteiger partial charge is 0.490 e. The number of carbonyl (C=O) groups is 1. The van der Waals surface area contributed by atoms with E-state index in [0.29, 0.717) is 6.61 Å². The van der Waals surface area contributed by atoms with Crippen molar-refractivity contribution in [2.24, 2.45) is 0 Å². The molecule has 3 heteroatoms. The Morgan fingerprint density at radius 2 is 2.06 bits per heavy atom. The highest BCUT2D eigenvalue weighted by Gasteiger charge is 2.12. The van der Waals surface area contributed by atoms with Crippen molar-refractivity contribution in [3.8, 4) is 5.75 Å². The number of carbonyl (C=O) groups excluding carboxylic acids is 1. The molecular weight excluding hydrogens is 216 g/mol. The minimum absolute atomic E-state index is 0.172. The summed E-state index contributed by atoms with van der Waals surface area (Å²) in [6, 6.07) is 6.04. The fourth-order valence-corrected chi connectivity index (χ4v) is 1.55. The Bertz CT molecular complexity index is 385. The van der Waals surface area contributed by atoms with Gasteiger partial charge in [-0.2, -0.15) is 0 Å². The van der Waals surface area contributed by atoms with E-state index in [2.05, 4.69) is 0 Å². The predicted octanol–water partition coefficient (Wildman–Crippen LogP) is 3.02. The van der Waals surface area contributed by atoms with Crippen molar-refractivity contribution in [3.05, 3.63) is 29.3 Å². The molecule has 3 nitrogen and oxygen atoms in total. The van der Waals surface area contributed by atoms with E-state index in [1.54, 1.807) is 6.92 Å². The smallest absolute Gasteiger partial charge is 0.309 e. The Kier molecular flexibility index (Phi) is 5.01. The van der Waals surface area contributed by atoms with Crippen LogP contribution >= 0.6 is 0 Å². The molecule has 0 spiro atoms. The zero-order valence-electron chi connectivity index (χ0n) is 10.9. The molecule has 0 aliphatic carbocycles. The summed E-state index contributed by atoms with van der Waals surface area (Å²) < 4.78 is 10.6. The Morgan fingerprint density at radius 1 is 1.35 bits per heavy atom. The number of aryl methyl sites for hydroxylation is 2. The molecule has 0 heterocycles. The highest BCUT2D eigenvalue weighted by molar-refractivity contribution is 5.69. The predicted molar refractivity (Wildman–Crippen MR) is 67.3 cm³/mol. The third kappa shape index (κ3) is 4.47. The second kappa shape index (κ2) is 6.28. The zero-order chi connectivity index (χ0) is 12.8. The summed E-state index contributed by atoms with van der Waals surface area (Å²) in [5.74, 6) is 0.618. The molecule has 1 rings (SSSR count). The molecule has 17 heavy (non-hydrogen) atoms. The van der Waals surface area contributed by atoms with Crippen LogP contribution in [-0.2, 0) is 9.53 Å². The van der Waals surface area contributed by atoms with E-state index in [-0.39, 0.29) is 18.5 Å². The molecule has 1 unspecified atom stereocenters. The average molecular weight is 236 g/mol. The molecule has 0 saturated heterocycles. The van der Waals surface area contributed by atoms with Gasteiger partial charge in [-0.15, -0.1) is 0 Å². The molecule has 0 aliphatic rings. The average Bonchev–Trinajstić information content (AvgIpc) is 2.23. The molecule has 0 aliphatic heterocycles. The monoisotopic (exact) mass is 236 g/mol. The van der Waals surface area contributed by atoms with E-state index in [1.165, 1.54) is 0 Å². The van der Waals surface area contributed by atoms with Crippen LogP contribution in [0.2, 0.25) is 0 Å². The van der Waals surface area contributed by atoms with Gasteiger partial charge in [-0.3, -0.25) is 4.79 Å². The van der Waals surface area contributed by atoms with Crippen LogP contribution in [0.15, 0.2) is 18.2 Å². The second-order valence-electron chi connectivity index (χ2n) is 4.21. The van der Waals surface area contributed by atoms with Gasteiger partial charge in [0.25, 0.3) is 0 Å². The van der Waals surface area contributed by atoms with Crippen LogP contribution in [0, 0.1) is 13.8 Å². The van der Waals surface area contributed by atoms with Crippen LogP contribution in [0.3, 0.4) is 0 Å². The first-order chi connectivity index (χ1) is 8.02. The van der Waals surface area contributed by atoms with Gasteiger partial charge in [-0.1, -0.05) is 12.1 Å². The number of hydrogen-bond acceptors (Lipinski definition) is 3. The molecule has 1 aromatic rings. The van der Waals surface area contributed by atoms with E-state index in [4.69, 9.17) is 9.47 Å². The third-order valence-electron chi connectivity index (χ3n) is 2.43. The maximum absolute atomic E-state index is 11.3. The highest BCUT2D eigenvalue weighted by atomic mass is 16.5. The van der Waals surface area contributed by atoms with Crippen LogP contribution < -0.4 is 4.74 Å². The first-order valence-corrected chi connectivity index (χ1v) is 5.92. The second-order valence-corrected chi connectivity index (χ2v) is 4.21. The summed E-state index contributed by atoms with van der Waals surface area (Å²) in [4.78, 5) is 11.3. The summed E-state index contributed by atoms with van der Waals surface area (Å²) >= 11 is 0. The highest BCUT2D eigenvalue weighted by Crippen LogP contribution is 2.21. The van der Waals surface area contributed by atoms with E-state index in [0.717, 1.165) is 16.9 Å². The fraction of sp³-hybridized carbons (Fsp3) is 0.500. The molecule has 0 bridgehead atoms. The van der Waals surface area contributed by atoms with E-state index in [1.807, 2.05) is 39.0 Å². The summed E-state index contributed by atoms with van der Waals surface area (Å²) in [6.45, 7) is 8.09. The van der Waals surface area contributed by atoms with E-state index < -0.39 is 0 Å². The minimum Gasteiger partial charge on any atom is -0.490 e. The normalized spacial score (nSPS) is 12.0. The number of benzene rings is 1. The molecule has 1 atom stereocenters. The lowest BCUT2D eigenvalue weighted by molar-refractivity contribution is -0.144. The molecule has 1 aromatic carbocycles. The summed E-state index contributed by atoms with van der Waals surface area (Å²) in [5.41, 5.74) is 2.22. The van der Waals surface area contributed by atoms with Crippen LogP contribution in [0.25, 0.3) is 0 Å². The van der Waals surface area contributed by atoms with Gasteiger partial charge in [-0.05, 0) is 44.9 Å². The number of hydrogen-bond donors (Lipinski definition) is 0. The van der Waals surface area contributed by atoms with Crippen LogP contribution in [-0.4, -0.2) is 18.7 Å². The van der Waals surface area contributed by atoms with Crippen molar-refractivity contribution in [3.63, 3.8) is 0 Å². The molecule has 0 saturated carbocycles. The van der Waals surface area contributed by atoms with E-state index >= 15 is 0 Å². The Hall–Kier alpha value is -1.51. The first kappa shape index (κ1) is 13.6. The molecular formula is C14H20O3. The van der Waals surface area contributed by atoms with E-state index in [9.17, 15) is 4.79 Å². The number of esters is 1. The topological polar surface area (TPSA) is 35.5 Å². The van der Waals surface area contributed by atoms with Gasteiger partial charge >= 0.3 is 5.97 Å². The van der Waals surface area contributed by atoms with Crippen molar-refractivity contribution in [2.75, 3.05) is 6.61 Å². The maximum Gasteiger partial charge on any atom is 0.309 e. The Labute approximate surface area is 103 Å². The van der Waals surface area contributed by atoms with Crippen molar-refractivity contribution in [2.45, 2.75) is 40.2 Å². The van der Waals surface area contributed by atoms with Crippen molar-refractivity contribution >= 4 is 5.97 Å². The summed E-state index contributed by atoms with van der Waals surface area (Å²) in [5, 5.41) is 0. The third-order valence-corrected chi connectivity index (χ3v) is 2.43. The van der Waals surface area contributed by atoms with Gasteiger partial charge in [0.05, 0.1) is 13.0 Å². The molecule has 0 amide bonds. The lowest BCUT2D eigenvalue weighted by Gasteiger charge is -2.16. The molecule has 0 radical (unpaired) electrons. The van der Waals surface area contributed by atoms with Crippen molar-refractivity contribution in [1.29, 1.82) is 0 Å². The van der Waals surface area contributed by atoms with Gasteiger partial charge in [0.2, 0.25) is 0 Å². The van der Waals surface area contributed by atoms with Crippen LogP contribution in [0.5, 0.6) is 5.75 Å². The van der Waals surface area contributed by atoms with Crippen molar-refractivity contribution in [1.82, 2.24) is 0 Å². The van der Waals surface area contributed by atoms with Gasteiger partial charge < -0.3 is 9.47 Å². The number of rotatable bonds is 5. The standard InChI is InChI=1S/C14H20O3/c1-5-16-14(15)9-12(4)17-13-8-10(2)6-7-11(13)3/h6-8,12H,5,9H2,1-4H3. The summed E-state index contributed by atoms with van der Waals surface area (Å²) in [7, 11) is 0. The van der Waals surface area contributed by atoms with Gasteiger partial charge in [0.15, 0.2) is 0 Å². The summed E-state index contributed by atoms with van der Waals surface area (Å²) in [6.07, 6.45) is 0.107. The SMILES string of the molecule is CCOC(=O)CC(C)Oc1cc(C)ccc1C. The molecule has 0 aromatic heterocycles. The van der Waals surface area contributed by atoms with Gasteiger partial charge in [0, 0.05) is 0 Å². The quantitative estimate of drug-likeness (QED) is 0.737.